The first-order chi connectivity index (χ1) is 14.1. The quantitative estimate of drug-likeness (QED) is 0.705. The van der Waals surface area contributed by atoms with E-state index in [9.17, 15) is 9.59 Å². The van der Waals surface area contributed by atoms with E-state index >= 15 is 0 Å². The minimum Gasteiger partial charge on any atom is -0.481 e. The van der Waals surface area contributed by atoms with Gasteiger partial charge in [-0.2, -0.15) is 0 Å². The van der Waals surface area contributed by atoms with Gasteiger partial charge in [0.15, 0.2) is 6.10 Å². The van der Waals surface area contributed by atoms with Crippen molar-refractivity contribution in [3.63, 3.8) is 0 Å². The van der Waals surface area contributed by atoms with E-state index in [4.69, 9.17) is 4.74 Å². The molecule has 1 aliphatic rings. The fraction of sp³-hybridized carbons (Fsp3) is 0.417. The van der Waals surface area contributed by atoms with Crippen molar-refractivity contribution in [2.75, 3.05) is 5.32 Å². The molecule has 5 heteroatoms. The Hall–Kier alpha value is -2.82. The van der Waals surface area contributed by atoms with Crippen LogP contribution in [-0.2, 0) is 4.79 Å². The number of hydrogen-bond acceptors (Lipinski definition) is 3. The van der Waals surface area contributed by atoms with Crippen molar-refractivity contribution in [2.45, 2.75) is 64.5 Å². The van der Waals surface area contributed by atoms with Crippen LogP contribution in [0.3, 0.4) is 0 Å². The smallest absolute Gasteiger partial charge is 0.265 e. The van der Waals surface area contributed by atoms with Crippen LogP contribution in [0.1, 0.15) is 61.4 Å². The number of nitrogens with one attached hydrogen (secondary N) is 2. The molecule has 0 spiro atoms. The molecule has 0 aromatic heterocycles. The maximum atomic E-state index is 12.8. The molecule has 1 fully saturated rings. The third-order valence-corrected chi connectivity index (χ3v) is 5.30. The van der Waals surface area contributed by atoms with E-state index in [-0.39, 0.29) is 17.9 Å². The van der Waals surface area contributed by atoms with Crippen molar-refractivity contribution in [2.24, 2.45) is 0 Å². The molecule has 0 aliphatic heterocycles. The zero-order valence-corrected chi connectivity index (χ0v) is 17.2. The Morgan fingerprint density at radius 2 is 1.83 bits per heavy atom. The molecule has 2 N–H and O–H groups in total. The normalized spacial score (nSPS) is 15.4. The second kappa shape index (κ2) is 10.1. The lowest BCUT2D eigenvalue weighted by Gasteiger charge is -2.23. The number of amides is 2. The topological polar surface area (TPSA) is 67.4 Å². The average molecular weight is 395 g/mol. The number of carbonyl (C=O) groups is 2. The summed E-state index contributed by atoms with van der Waals surface area (Å²) in [5.41, 5.74) is 2.07. The van der Waals surface area contributed by atoms with Gasteiger partial charge in [-0.1, -0.05) is 50.5 Å². The van der Waals surface area contributed by atoms with Crippen LogP contribution in [0, 0.1) is 6.92 Å². The third-order valence-electron chi connectivity index (χ3n) is 5.30. The van der Waals surface area contributed by atoms with Crippen LogP contribution >= 0.6 is 0 Å². The second-order valence-corrected chi connectivity index (χ2v) is 7.67. The van der Waals surface area contributed by atoms with E-state index in [2.05, 4.69) is 10.6 Å². The Bertz CT molecular complexity index is 844. The van der Waals surface area contributed by atoms with Gasteiger partial charge >= 0.3 is 0 Å². The van der Waals surface area contributed by atoms with E-state index in [1.54, 1.807) is 12.1 Å². The molecule has 1 atom stereocenters. The first-order valence-corrected chi connectivity index (χ1v) is 10.5. The van der Waals surface area contributed by atoms with Gasteiger partial charge in [0.05, 0.1) is 11.3 Å². The zero-order chi connectivity index (χ0) is 20.6. The lowest BCUT2D eigenvalue weighted by atomic mass is 9.95. The standard InChI is InChI=1S/C24H30N2O3/c1-3-22(29-19-13-9-10-17(2)16-19)24(28)26-21-15-8-7-14-20(21)23(27)25-18-11-5-4-6-12-18/h7-10,13-16,18,22H,3-6,11-12H2,1-2H3,(H,25,27)(H,26,28)/t22-/m1/s1. The minimum atomic E-state index is -0.633. The van der Waals surface area contributed by atoms with Gasteiger partial charge in [-0.3, -0.25) is 9.59 Å². The molecule has 2 amide bonds. The average Bonchev–Trinajstić information content (AvgIpc) is 2.73. The number of anilines is 1. The summed E-state index contributed by atoms with van der Waals surface area (Å²) in [6, 6.07) is 15.0. The molecular weight excluding hydrogens is 364 g/mol. The predicted molar refractivity (Wildman–Crippen MR) is 115 cm³/mol. The van der Waals surface area contributed by atoms with Crippen LogP contribution in [0.25, 0.3) is 0 Å². The van der Waals surface area contributed by atoms with Crippen molar-refractivity contribution in [3.05, 3.63) is 59.7 Å². The molecule has 5 nitrogen and oxygen atoms in total. The summed E-state index contributed by atoms with van der Waals surface area (Å²) in [6.45, 7) is 3.89. The fourth-order valence-electron chi connectivity index (χ4n) is 3.69. The van der Waals surface area contributed by atoms with Crippen LogP contribution in [0.5, 0.6) is 5.75 Å². The molecule has 2 aromatic rings. The monoisotopic (exact) mass is 394 g/mol. The first kappa shape index (κ1) is 20.9. The predicted octanol–water partition coefficient (Wildman–Crippen LogP) is 4.85. The van der Waals surface area contributed by atoms with Crippen molar-refractivity contribution >= 4 is 17.5 Å². The summed E-state index contributed by atoms with van der Waals surface area (Å²) in [4.78, 5) is 25.6. The van der Waals surface area contributed by atoms with E-state index in [0.29, 0.717) is 23.4 Å². The van der Waals surface area contributed by atoms with Crippen LogP contribution in [-0.4, -0.2) is 24.0 Å². The van der Waals surface area contributed by atoms with E-state index < -0.39 is 6.10 Å². The molecule has 0 saturated heterocycles. The highest BCUT2D eigenvalue weighted by molar-refractivity contribution is 6.04. The van der Waals surface area contributed by atoms with Gasteiger partial charge in [0.1, 0.15) is 5.75 Å². The van der Waals surface area contributed by atoms with Crippen molar-refractivity contribution in [3.8, 4) is 5.75 Å². The summed E-state index contributed by atoms with van der Waals surface area (Å²) in [6.07, 6.45) is 5.46. The van der Waals surface area contributed by atoms with E-state index in [0.717, 1.165) is 31.2 Å². The third kappa shape index (κ3) is 5.83. The summed E-state index contributed by atoms with van der Waals surface area (Å²) in [5.74, 6) is 0.266. The van der Waals surface area contributed by atoms with E-state index in [1.807, 2.05) is 50.2 Å². The molecule has 1 aliphatic carbocycles. The molecule has 154 valence electrons. The maximum Gasteiger partial charge on any atom is 0.265 e. The number of carbonyl (C=O) groups excluding carboxylic acids is 2. The SMILES string of the molecule is CC[C@@H](Oc1cccc(C)c1)C(=O)Nc1ccccc1C(=O)NC1CCCCC1. The van der Waals surface area contributed by atoms with Gasteiger partial charge in [-0.15, -0.1) is 0 Å². The van der Waals surface area contributed by atoms with Crippen molar-refractivity contribution in [1.82, 2.24) is 5.32 Å². The van der Waals surface area contributed by atoms with Crippen molar-refractivity contribution in [1.29, 1.82) is 0 Å². The zero-order valence-electron chi connectivity index (χ0n) is 17.2. The summed E-state index contributed by atoms with van der Waals surface area (Å²) in [5, 5.41) is 6.01. The molecule has 0 heterocycles. The molecule has 2 aromatic carbocycles. The molecule has 1 saturated carbocycles. The number of rotatable bonds is 7. The Balaban J connectivity index is 1.68. The van der Waals surface area contributed by atoms with Crippen LogP contribution < -0.4 is 15.4 Å². The van der Waals surface area contributed by atoms with Crippen LogP contribution in [0.15, 0.2) is 48.5 Å². The number of para-hydroxylation sites is 1. The van der Waals surface area contributed by atoms with Crippen molar-refractivity contribution < 1.29 is 14.3 Å². The summed E-state index contributed by atoms with van der Waals surface area (Å²) >= 11 is 0. The van der Waals surface area contributed by atoms with Crippen LogP contribution in [0.2, 0.25) is 0 Å². The molecule has 3 rings (SSSR count). The Morgan fingerprint density at radius 3 is 2.55 bits per heavy atom. The fourth-order valence-corrected chi connectivity index (χ4v) is 3.69. The molecule has 0 unspecified atom stereocenters. The van der Waals surface area contributed by atoms with Gasteiger partial charge in [-0.05, 0) is 56.0 Å². The van der Waals surface area contributed by atoms with Gasteiger partial charge in [0.2, 0.25) is 0 Å². The highest BCUT2D eigenvalue weighted by Crippen LogP contribution is 2.21. The number of benzene rings is 2. The lowest BCUT2D eigenvalue weighted by molar-refractivity contribution is -0.122. The Labute approximate surface area is 172 Å². The summed E-state index contributed by atoms with van der Waals surface area (Å²) in [7, 11) is 0. The van der Waals surface area contributed by atoms with E-state index in [1.165, 1.54) is 6.42 Å². The first-order valence-electron chi connectivity index (χ1n) is 10.5. The highest BCUT2D eigenvalue weighted by Gasteiger charge is 2.22. The molecule has 0 radical (unpaired) electrons. The van der Waals surface area contributed by atoms with Gasteiger partial charge < -0.3 is 15.4 Å². The molecular formula is C24H30N2O3. The number of ether oxygens (including phenoxy) is 1. The summed E-state index contributed by atoms with van der Waals surface area (Å²) < 4.78 is 5.89. The largest absolute Gasteiger partial charge is 0.481 e. The second-order valence-electron chi connectivity index (χ2n) is 7.67. The number of aryl methyl sites for hydroxylation is 1. The minimum absolute atomic E-state index is 0.138. The van der Waals surface area contributed by atoms with Gasteiger partial charge in [0, 0.05) is 6.04 Å². The van der Waals surface area contributed by atoms with Crippen LogP contribution in [0.4, 0.5) is 5.69 Å². The van der Waals surface area contributed by atoms with Gasteiger partial charge in [-0.25, -0.2) is 0 Å². The maximum absolute atomic E-state index is 12.8. The Kier molecular flexibility index (Phi) is 7.28. The molecule has 29 heavy (non-hydrogen) atoms. The highest BCUT2D eigenvalue weighted by atomic mass is 16.5. The van der Waals surface area contributed by atoms with Gasteiger partial charge in [0.25, 0.3) is 11.8 Å². The Morgan fingerprint density at radius 1 is 1.07 bits per heavy atom. The number of hydrogen-bond donors (Lipinski definition) is 2. The lowest BCUT2D eigenvalue weighted by Crippen LogP contribution is -2.37. The molecule has 0 bridgehead atoms.